The van der Waals surface area contributed by atoms with E-state index in [0.29, 0.717) is 6.61 Å². The summed E-state index contributed by atoms with van der Waals surface area (Å²) in [7, 11) is 1.65. The molecule has 1 aliphatic rings. The smallest absolute Gasteiger partial charge is 0.303 e. The van der Waals surface area contributed by atoms with Crippen molar-refractivity contribution in [2.45, 2.75) is 47.1 Å². The van der Waals surface area contributed by atoms with Crippen molar-refractivity contribution < 1.29 is 14.3 Å². The molecular weight excluding hydrogens is 312 g/mol. The van der Waals surface area contributed by atoms with Gasteiger partial charge in [-0.05, 0) is 73.6 Å². The molecule has 1 atom stereocenters. The molecule has 0 N–H and O–H groups in total. The predicted octanol–water partition coefficient (Wildman–Crippen LogP) is 4.66. The molecule has 2 aromatic rings. The van der Waals surface area contributed by atoms with Crippen molar-refractivity contribution in [2.75, 3.05) is 13.7 Å². The van der Waals surface area contributed by atoms with Crippen molar-refractivity contribution in [2.24, 2.45) is 0 Å². The summed E-state index contributed by atoms with van der Waals surface area (Å²) < 4.78 is 11.6. The van der Waals surface area contributed by atoms with Gasteiger partial charge in [-0.15, -0.1) is 0 Å². The highest BCUT2D eigenvalue weighted by atomic mass is 16.6. The number of esters is 1. The zero-order chi connectivity index (χ0) is 18.5. The van der Waals surface area contributed by atoms with Crippen LogP contribution in [0.25, 0.3) is 11.1 Å². The lowest BCUT2D eigenvalue weighted by atomic mass is 9.85. The van der Waals surface area contributed by atoms with Gasteiger partial charge in [0.2, 0.25) is 0 Å². The van der Waals surface area contributed by atoms with Crippen molar-refractivity contribution in [3.63, 3.8) is 0 Å². The fourth-order valence-corrected chi connectivity index (χ4v) is 4.06. The molecule has 3 heteroatoms. The Balaban J connectivity index is 2.47. The highest BCUT2D eigenvalue weighted by molar-refractivity contribution is 5.85. The lowest BCUT2D eigenvalue weighted by molar-refractivity contribution is -0.158. The summed E-state index contributed by atoms with van der Waals surface area (Å²) in [6.45, 7) is 12.3. The first-order chi connectivity index (χ1) is 11.7. The molecule has 1 aliphatic carbocycles. The molecule has 0 radical (unpaired) electrons. The first kappa shape index (κ1) is 17.7. The Morgan fingerprint density at radius 3 is 2.12 bits per heavy atom. The third kappa shape index (κ3) is 2.49. The van der Waals surface area contributed by atoms with Crippen LogP contribution in [-0.2, 0) is 19.9 Å². The number of fused-ring (bicyclic) bond motifs is 3. The number of rotatable bonds is 3. The molecule has 3 nitrogen and oxygen atoms in total. The molecule has 0 spiro atoms. The zero-order valence-electron chi connectivity index (χ0n) is 16.2. The van der Waals surface area contributed by atoms with Crippen molar-refractivity contribution in [1.29, 1.82) is 0 Å². The van der Waals surface area contributed by atoms with Gasteiger partial charge >= 0.3 is 5.97 Å². The minimum absolute atomic E-state index is 0.299. The maximum atomic E-state index is 12.0. The molecule has 0 bridgehead atoms. The molecule has 0 saturated carbocycles. The first-order valence-corrected chi connectivity index (χ1v) is 8.64. The van der Waals surface area contributed by atoms with Gasteiger partial charge in [-0.1, -0.05) is 18.2 Å². The molecular formula is C22H26O3. The lowest BCUT2D eigenvalue weighted by Crippen LogP contribution is -2.36. The molecule has 1 unspecified atom stereocenters. The molecule has 3 rings (SSSR count). The maximum Gasteiger partial charge on any atom is 0.303 e. The fourth-order valence-electron chi connectivity index (χ4n) is 4.06. The molecule has 25 heavy (non-hydrogen) atoms. The molecule has 0 aliphatic heterocycles. The number of methoxy groups -OCH3 is 1. The minimum Gasteiger partial charge on any atom is -0.447 e. The summed E-state index contributed by atoms with van der Waals surface area (Å²) in [4.78, 5) is 12.0. The van der Waals surface area contributed by atoms with Crippen molar-refractivity contribution >= 4 is 5.97 Å². The lowest BCUT2D eigenvalue weighted by Gasteiger charge is -2.32. The Bertz CT molecular complexity index is 880. The van der Waals surface area contributed by atoms with Crippen LogP contribution in [0.15, 0.2) is 18.2 Å². The Labute approximate surface area is 150 Å². The Kier molecular flexibility index (Phi) is 4.24. The third-order valence-corrected chi connectivity index (χ3v) is 5.59. The highest BCUT2D eigenvalue weighted by Gasteiger charge is 2.48. The standard InChI is InChI=1S/C22H26O3/c1-12-8-18-19-9-14(3)15(4)16(5)21(19)22(11-24-7,25-17(6)23)20(18)10-13(12)2/h8-10H,11H2,1-7H3. The van der Waals surface area contributed by atoms with Crippen LogP contribution >= 0.6 is 0 Å². The second-order valence-corrected chi connectivity index (χ2v) is 7.20. The Hall–Kier alpha value is -2.13. The minimum atomic E-state index is -0.883. The van der Waals surface area contributed by atoms with Crippen LogP contribution in [0.3, 0.4) is 0 Å². The summed E-state index contributed by atoms with van der Waals surface area (Å²) in [6, 6.07) is 6.57. The van der Waals surface area contributed by atoms with Crippen LogP contribution in [0.4, 0.5) is 0 Å². The van der Waals surface area contributed by atoms with Gasteiger partial charge in [0.05, 0.1) is 6.61 Å². The van der Waals surface area contributed by atoms with Crippen LogP contribution < -0.4 is 0 Å². The van der Waals surface area contributed by atoms with E-state index < -0.39 is 5.60 Å². The fraction of sp³-hybridized carbons (Fsp3) is 0.409. The van der Waals surface area contributed by atoms with E-state index in [1.54, 1.807) is 7.11 Å². The molecule has 0 saturated heterocycles. The Morgan fingerprint density at radius 1 is 0.920 bits per heavy atom. The summed E-state index contributed by atoms with van der Waals surface area (Å²) in [5, 5.41) is 0. The van der Waals surface area contributed by atoms with Crippen LogP contribution in [0.5, 0.6) is 0 Å². The summed E-state index contributed by atoms with van der Waals surface area (Å²) >= 11 is 0. The van der Waals surface area contributed by atoms with Gasteiger partial charge < -0.3 is 9.47 Å². The molecule has 0 aromatic heterocycles. The molecule has 132 valence electrons. The highest BCUT2D eigenvalue weighted by Crippen LogP contribution is 2.53. The number of ether oxygens (including phenoxy) is 2. The van der Waals surface area contributed by atoms with E-state index in [1.807, 2.05) is 0 Å². The van der Waals surface area contributed by atoms with E-state index in [4.69, 9.17) is 9.47 Å². The zero-order valence-corrected chi connectivity index (χ0v) is 16.2. The molecule has 2 aromatic carbocycles. The molecule has 0 heterocycles. The van der Waals surface area contributed by atoms with Gasteiger partial charge in [0.15, 0.2) is 5.60 Å². The second kappa shape index (κ2) is 5.99. The quantitative estimate of drug-likeness (QED) is 0.764. The van der Waals surface area contributed by atoms with E-state index >= 15 is 0 Å². The third-order valence-electron chi connectivity index (χ3n) is 5.59. The average Bonchev–Trinajstić information content (AvgIpc) is 2.75. The van der Waals surface area contributed by atoms with Gasteiger partial charge in [0.1, 0.15) is 0 Å². The second-order valence-electron chi connectivity index (χ2n) is 7.20. The van der Waals surface area contributed by atoms with Crippen molar-refractivity contribution in [3.8, 4) is 11.1 Å². The monoisotopic (exact) mass is 338 g/mol. The van der Waals surface area contributed by atoms with Crippen LogP contribution in [0, 0.1) is 34.6 Å². The van der Waals surface area contributed by atoms with E-state index in [1.165, 1.54) is 34.7 Å². The number of carbonyl (C=O) groups excluding carboxylic acids is 1. The van der Waals surface area contributed by atoms with Crippen LogP contribution in [-0.4, -0.2) is 19.7 Å². The molecule has 0 fully saturated rings. The largest absolute Gasteiger partial charge is 0.447 e. The van der Waals surface area contributed by atoms with Gasteiger partial charge in [-0.25, -0.2) is 0 Å². The summed E-state index contributed by atoms with van der Waals surface area (Å²) in [6.07, 6.45) is 0. The normalized spacial score (nSPS) is 18.0. The number of hydrogen-bond donors (Lipinski definition) is 0. The van der Waals surface area contributed by atoms with Crippen LogP contribution in [0.2, 0.25) is 0 Å². The van der Waals surface area contributed by atoms with Crippen molar-refractivity contribution in [3.05, 3.63) is 57.1 Å². The Morgan fingerprint density at radius 2 is 1.52 bits per heavy atom. The van der Waals surface area contributed by atoms with Crippen LogP contribution in [0.1, 0.15) is 45.9 Å². The average molecular weight is 338 g/mol. The van der Waals surface area contributed by atoms with E-state index in [2.05, 4.69) is 52.8 Å². The topological polar surface area (TPSA) is 35.5 Å². The summed E-state index contributed by atoms with van der Waals surface area (Å²) in [5.74, 6) is -0.299. The number of carbonyl (C=O) groups is 1. The van der Waals surface area contributed by atoms with Gasteiger partial charge in [-0.2, -0.15) is 0 Å². The number of aryl methyl sites for hydroxylation is 3. The van der Waals surface area contributed by atoms with Gasteiger partial charge in [0.25, 0.3) is 0 Å². The van der Waals surface area contributed by atoms with Gasteiger partial charge in [-0.3, -0.25) is 4.79 Å². The number of hydrogen-bond acceptors (Lipinski definition) is 3. The van der Waals surface area contributed by atoms with E-state index in [9.17, 15) is 4.79 Å². The first-order valence-electron chi connectivity index (χ1n) is 8.64. The predicted molar refractivity (Wildman–Crippen MR) is 100.0 cm³/mol. The molecule has 0 amide bonds. The summed E-state index contributed by atoms with van der Waals surface area (Å²) in [5.41, 5.74) is 9.56. The van der Waals surface area contributed by atoms with Crippen molar-refractivity contribution in [1.82, 2.24) is 0 Å². The van der Waals surface area contributed by atoms with E-state index in [-0.39, 0.29) is 5.97 Å². The van der Waals surface area contributed by atoms with E-state index in [0.717, 1.165) is 22.3 Å². The SMILES string of the molecule is COCC1(OC(C)=O)c2cc(C)c(C)cc2-c2cc(C)c(C)c(C)c21. The maximum absolute atomic E-state index is 12.0. The van der Waals surface area contributed by atoms with Gasteiger partial charge in [0, 0.05) is 25.2 Å². The number of benzene rings is 2.